The van der Waals surface area contributed by atoms with Crippen molar-refractivity contribution in [3.8, 4) is 0 Å². The second-order valence-corrected chi connectivity index (χ2v) is 33.1. The van der Waals surface area contributed by atoms with Crippen LogP contribution in [0.15, 0.2) is 0 Å². The Morgan fingerprint density at radius 1 is 0.773 bits per heavy atom. The van der Waals surface area contributed by atoms with Gasteiger partial charge >= 0.3 is 152 Å². The first-order valence-corrected chi connectivity index (χ1v) is 22.7. The van der Waals surface area contributed by atoms with Crippen LogP contribution in [-0.2, 0) is 20.9 Å². The van der Waals surface area contributed by atoms with Gasteiger partial charge in [-0.05, 0) is 0 Å². The van der Waals surface area contributed by atoms with Gasteiger partial charge < -0.3 is 0 Å². The van der Waals surface area contributed by atoms with E-state index in [9.17, 15) is 0 Å². The van der Waals surface area contributed by atoms with Crippen LogP contribution in [0, 0.1) is 0 Å². The van der Waals surface area contributed by atoms with E-state index in [0.717, 1.165) is 0 Å². The van der Waals surface area contributed by atoms with Crippen LogP contribution in [-0.4, -0.2) is 30.2 Å². The van der Waals surface area contributed by atoms with Crippen LogP contribution in [0.3, 0.4) is 0 Å². The normalized spacial score (nSPS) is 12.8. The first-order valence-electron chi connectivity index (χ1n) is 9.11. The molecule has 0 spiro atoms. The summed E-state index contributed by atoms with van der Waals surface area (Å²) in [5, 5.41) is 0. The van der Waals surface area contributed by atoms with Crippen molar-refractivity contribution < 1.29 is 9.05 Å². The van der Waals surface area contributed by atoms with Crippen LogP contribution in [0.25, 0.3) is 0 Å². The third kappa shape index (κ3) is 9.88. The summed E-state index contributed by atoms with van der Waals surface area (Å²) in [6.07, 6.45) is 7.98. The topological polar surface area (TPSA) is 18.5 Å². The van der Waals surface area contributed by atoms with Crippen molar-refractivity contribution in [3.05, 3.63) is 0 Å². The molecule has 6 heteroatoms. The molecule has 0 saturated carbocycles. The van der Waals surface area contributed by atoms with E-state index in [4.69, 9.17) is 20.9 Å². The Balaban J connectivity index is 5.21. The van der Waals surface area contributed by atoms with Crippen LogP contribution < -0.4 is 0 Å². The van der Waals surface area contributed by atoms with Gasteiger partial charge in [-0.15, -0.1) is 0 Å². The standard InChI is InChI=1S/C4H11O2PS2.3C4H9.Sn/c1-3-5-7(8,9)6-4-2;3*1-3-4-2;/h3-4H2,1-2H3,(H,8,9);3*1,3-4H2,2H3;/q;;;;+1/p-1. The van der Waals surface area contributed by atoms with Gasteiger partial charge in [-0.2, -0.15) is 0 Å². The van der Waals surface area contributed by atoms with E-state index in [1.807, 2.05) is 13.8 Å². The Bertz CT molecular complexity index is 285. The molecule has 22 heavy (non-hydrogen) atoms. The monoisotopic (exact) mass is 476 g/mol. The maximum atomic E-state index is 5.98. The fourth-order valence-electron chi connectivity index (χ4n) is 2.65. The van der Waals surface area contributed by atoms with E-state index >= 15 is 0 Å². The van der Waals surface area contributed by atoms with Gasteiger partial charge in [-0.1, -0.05) is 0 Å². The molecule has 0 aliphatic rings. The fourth-order valence-corrected chi connectivity index (χ4v) is 53.1. The van der Waals surface area contributed by atoms with Crippen molar-refractivity contribution in [2.24, 2.45) is 0 Å². The molecular formula is C16H37O2PS2Sn. The van der Waals surface area contributed by atoms with Gasteiger partial charge in [0.25, 0.3) is 0 Å². The molecule has 2 nitrogen and oxygen atoms in total. The van der Waals surface area contributed by atoms with Gasteiger partial charge in [0.1, 0.15) is 0 Å². The number of hydrogen-bond acceptors (Lipinski definition) is 4. The molecule has 0 atom stereocenters. The summed E-state index contributed by atoms with van der Waals surface area (Å²) in [5.74, 6) is 0. The summed E-state index contributed by atoms with van der Waals surface area (Å²) in [6, 6.07) is 0. The summed E-state index contributed by atoms with van der Waals surface area (Å²) < 4.78 is 16.3. The minimum atomic E-state index is -2.33. The van der Waals surface area contributed by atoms with Crippen molar-refractivity contribution in [3.63, 3.8) is 0 Å². The molecule has 0 aromatic rings. The summed E-state index contributed by atoms with van der Waals surface area (Å²) >= 11 is 3.55. The van der Waals surface area contributed by atoms with Gasteiger partial charge in [0.2, 0.25) is 0 Å². The van der Waals surface area contributed by atoms with Gasteiger partial charge in [-0.25, -0.2) is 0 Å². The molecule has 0 radical (unpaired) electrons. The number of unbranched alkanes of at least 4 members (excludes halogenated alkanes) is 3. The van der Waals surface area contributed by atoms with Crippen molar-refractivity contribution >= 4 is 43.1 Å². The maximum absolute atomic E-state index is 5.98. The molecule has 0 aromatic heterocycles. The molecule has 134 valence electrons. The quantitative estimate of drug-likeness (QED) is 0.182. The van der Waals surface area contributed by atoms with Gasteiger partial charge in [0, 0.05) is 0 Å². The Morgan fingerprint density at radius 3 is 1.41 bits per heavy atom. The van der Waals surface area contributed by atoms with Crippen molar-refractivity contribution in [2.75, 3.05) is 13.2 Å². The molecule has 0 aromatic carbocycles. The zero-order valence-corrected chi connectivity index (χ0v) is 20.7. The molecule has 0 aliphatic carbocycles. The van der Waals surface area contributed by atoms with Gasteiger partial charge in [-0.3, -0.25) is 0 Å². The van der Waals surface area contributed by atoms with E-state index in [1.165, 1.54) is 51.8 Å². The van der Waals surface area contributed by atoms with Crippen LogP contribution in [0.2, 0.25) is 13.3 Å². The molecule has 0 heterocycles. The predicted octanol–water partition coefficient (Wildman–Crippen LogP) is 7.36. The Morgan fingerprint density at radius 2 is 1.14 bits per heavy atom. The van der Waals surface area contributed by atoms with E-state index in [0.29, 0.717) is 13.2 Å². The van der Waals surface area contributed by atoms with Crippen LogP contribution in [0.1, 0.15) is 73.1 Å². The SMILES string of the molecule is CCC[CH2][Sn]([CH2]CCC)([CH2]CCC)[S]P(=S)(OCC)OCC. The van der Waals surface area contributed by atoms with E-state index in [-0.39, 0.29) is 0 Å². The number of rotatable bonds is 15. The molecule has 0 bridgehead atoms. The van der Waals surface area contributed by atoms with Crippen molar-refractivity contribution in [1.29, 1.82) is 0 Å². The molecule has 0 amide bonds. The Labute approximate surface area is 151 Å². The number of hydrogen-bond donors (Lipinski definition) is 0. The Kier molecular flexibility index (Phi) is 15.0. The average Bonchev–Trinajstić information content (AvgIpc) is 2.49. The summed E-state index contributed by atoms with van der Waals surface area (Å²) in [4.78, 5) is 0. The second-order valence-electron chi connectivity index (χ2n) is 5.87. The molecule has 0 aliphatic heterocycles. The molecule has 0 N–H and O–H groups in total. The molecular weight excluding hydrogens is 438 g/mol. The summed E-state index contributed by atoms with van der Waals surface area (Å²) in [5.41, 5.74) is -2.12. The zero-order chi connectivity index (χ0) is 16.9. The van der Waals surface area contributed by atoms with Gasteiger partial charge in [0.05, 0.1) is 0 Å². The first kappa shape index (κ1) is 23.7. The predicted molar refractivity (Wildman–Crippen MR) is 110 cm³/mol. The molecule has 0 unspecified atom stereocenters. The summed E-state index contributed by atoms with van der Waals surface area (Å²) in [6.45, 7) is 12.4. The van der Waals surface area contributed by atoms with Crippen LogP contribution in [0.5, 0.6) is 0 Å². The zero-order valence-electron chi connectivity index (χ0n) is 15.4. The Hall–Kier alpha value is 1.72. The minimum absolute atomic E-state index is 0.682. The third-order valence-electron chi connectivity index (χ3n) is 3.84. The molecule has 0 fully saturated rings. The van der Waals surface area contributed by atoms with E-state index in [1.54, 1.807) is 0 Å². The average molecular weight is 475 g/mol. The molecule has 0 saturated heterocycles. The third-order valence-corrected chi connectivity index (χ3v) is 43.8. The van der Waals surface area contributed by atoms with E-state index in [2.05, 4.69) is 29.3 Å². The van der Waals surface area contributed by atoms with Gasteiger partial charge in [0.15, 0.2) is 0 Å². The van der Waals surface area contributed by atoms with Crippen LogP contribution >= 0.6 is 14.3 Å². The second kappa shape index (κ2) is 13.9. The van der Waals surface area contributed by atoms with Crippen LogP contribution in [0.4, 0.5) is 0 Å². The summed E-state index contributed by atoms with van der Waals surface area (Å²) in [7, 11) is 2.10. The fraction of sp³-hybridized carbons (Fsp3) is 1.00. The van der Waals surface area contributed by atoms with Crippen molar-refractivity contribution in [1.82, 2.24) is 0 Å². The van der Waals surface area contributed by atoms with E-state index < -0.39 is 22.7 Å². The van der Waals surface area contributed by atoms with Crippen molar-refractivity contribution in [2.45, 2.75) is 86.5 Å². The first-order chi connectivity index (χ1) is 10.5. The molecule has 0 rings (SSSR count).